The molecule has 0 saturated heterocycles. The number of phenols is 2. The fourth-order valence-electron chi connectivity index (χ4n) is 3.49. The van der Waals surface area contributed by atoms with Crippen molar-refractivity contribution in [3.63, 3.8) is 0 Å². The maximum absolute atomic E-state index is 13.4. The molecular weight excluding hydrogens is 422 g/mol. The summed E-state index contributed by atoms with van der Waals surface area (Å²) in [5.41, 5.74) is 4.71. The predicted molar refractivity (Wildman–Crippen MR) is 126 cm³/mol. The highest BCUT2D eigenvalue weighted by Gasteiger charge is 2.22. The molecule has 0 unspecified atom stereocenters. The molecule has 0 radical (unpaired) electrons. The van der Waals surface area contributed by atoms with Crippen molar-refractivity contribution < 1.29 is 15.0 Å². The summed E-state index contributed by atoms with van der Waals surface area (Å²) in [6.45, 7) is 4.29. The number of hydrogen-bond donors (Lipinski definition) is 2. The first kappa shape index (κ1) is 21.5. The Morgan fingerprint density at radius 1 is 1.09 bits per heavy atom. The first-order valence-electron chi connectivity index (χ1n) is 10.2. The molecule has 32 heavy (non-hydrogen) atoms. The Kier molecular flexibility index (Phi) is 6.18. The van der Waals surface area contributed by atoms with Crippen molar-refractivity contribution in [3.8, 4) is 22.8 Å². The Morgan fingerprint density at radius 2 is 1.88 bits per heavy atom. The number of rotatable bonds is 6. The number of hydrogen-bond acceptors (Lipinski definition) is 6. The summed E-state index contributed by atoms with van der Waals surface area (Å²) in [4.78, 5) is 23.9. The molecule has 4 rings (SSSR count). The van der Waals surface area contributed by atoms with Gasteiger partial charge >= 0.3 is 0 Å². The van der Waals surface area contributed by atoms with Crippen LogP contribution in [0, 0.1) is 6.92 Å². The highest BCUT2D eigenvalue weighted by Crippen LogP contribution is 2.30. The van der Waals surface area contributed by atoms with E-state index < -0.39 is 0 Å². The maximum Gasteiger partial charge on any atom is 0.262 e. The molecule has 0 fully saturated rings. The average molecular weight is 446 g/mol. The minimum absolute atomic E-state index is 0.0975. The zero-order chi connectivity index (χ0) is 22.7. The predicted octanol–water partition coefficient (Wildman–Crippen LogP) is 5.33. The molecule has 2 aromatic carbocycles. The van der Waals surface area contributed by atoms with Crippen molar-refractivity contribution in [3.05, 3.63) is 88.0 Å². The third-order valence-corrected chi connectivity index (χ3v) is 5.93. The first-order chi connectivity index (χ1) is 15.5. The third-order valence-electron chi connectivity index (χ3n) is 5.20. The minimum Gasteiger partial charge on any atom is -0.508 e. The molecule has 4 aromatic rings. The molecule has 2 N–H and O–H groups in total. The van der Waals surface area contributed by atoms with Crippen molar-refractivity contribution in [2.45, 2.75) is 26.8 Å². The standard InChI is InChI=1S/C25H23N3O3S/c1-3-18-13-26-16(2)27-24(18)19-4-6-20(7-5-19)28(14-17-10-11-32-15-17)25(31)22-9-8-21(29)12-23(22)30/h4-13,15,29-30H,3,14H2,1-2H3. The molecule has 6 nitrogen and oxygen atoms in total. The zero-order valence-electron chi connectivity index (χ0n) is 17.8. The van der Waals surface area contributed by atoms with E-state index in [9.17, 15) is 15.0 Å². The SMILES string of the molecule is CCc1cnc(C)nc1-c1ccc(N(Cc2ccsc2)C(=O)c2ccc(O)cc2O)cc1. The van der Waals surface area contributed by atoms with E-state index >= 15 is 0 Å². The third kappa shape index (κ3) is 4.48. The molecule has 0 atom stereocenters. The normalized spacial score (nSPS) is 10.8. The maximum atomic E-state index is 13.4. The Labute approximate surface area is 190 Å². The van der Waals surface area contributed by atoms with Crippen molar-refractivity contribution in [1.29, 1.82) is 0 Å². The number of carbonyl (C=O) groups is 1. The second-order valence-electron chi connectivity index (χ2n) is 7.42. The van der Waals surface area contributed by atoms with Gasteiger partial charge in [0, 0.05) is 23.5 Å². The number of aromatic hydroxyl groups is 2. The van der Waals surface area contributed by atoms with Crippen LogP contribution >= 0.6 is 11.3 Å². The van der Waals surface area contributed by atoms with E-state index in [4.69, 9.17) is 0 Å². The summed E-state index contributed by atoms with van der Waals surface area (Å²) in [6.07, 6.45) is 2.67. The highest BCUT2D eigenvalue weighted by molar-refractivity contribution is 7.07. The molecule has 2 heterocycles. The van der Waals surface area contributed by atoms with Gasteiger partial charge in [0.2, 0.25) is 0 Å². The van der Waals surface area contributed by atoms with Gasteiger partial charge in [-0.1, -0.05) is 19.1 Å². The van der Waals surface area contributed by atoms with Gasteiger partial charge in [-0.15, -0.1) is 0 Å². The highest BCUT2D eigenvalue weighted by atomic mass is 32.1. The van der Waals surface area contributed by atoms with Gasteiger partial charge in [0.25, 0.3) is 5.91 Å². The van der Waals surface area contributed by atoms with Gasteiger partial charge in [-0.3, -0.25) is 4.79 Å². The lowest BCUT2D eigenvalue weighted by atomic mass is 10.0. The average Bonchev–Trinajstić information content (AvgIpc) is 3.30. The number of aryl methyl sites for hydroxylation is 2. The summed E-state index contributed by atoms with van der Waals surface area (Å²) in [5, 5.41) is 23.8. The van der Waals surface area contributed by atoms with Crippen molar-refractivity contribution >= 4 is 22.9 Å². The summed E-state index contributed by atoms with van der Waals surface area (Å²) in [5.74, 6) is -0.00225. The van der Waals surface area contributed by atoms with Crippen LogP contribution in [0.25, 0.3) is 11.3 Å². The van der Waals surface area contributed by atoms with Gasteiger partial charge in [-0.2, -0.15) is 11.3 Å². The van der Waals surface area contributed by atoms with E-state index in [0.29, 0.717) is 18.1 Å². The number of amides is 1. The van der Waals surface area contributed by atoms with Crippen LogP contribution in [0.4, 0.5) is 5.69 Å². The molecule has 2 aromatic heterocycles. The molecule has 0 spiro atoms. The second-order valence-corrected chi connectivity index (χ2v) is 8.20. The Balaban J connectivity index is 1.72. The van der Waals surface area contributed by atoms with E-state index in [1.54, 1.807) is 16.2 Å². The van der Waals surface area contributed by atoms with Crippen molar-refractivity contribution in [2.75, 3.05) is 4.90 Å². The lowest BCUT2D eigenvalue weighted by Crippen LogP contribution is -2.30. The van der Waals surface area contributed by atoms with Gasteiger partial charge < -0.3 is 15.1 Å². The van der Waals surface area contributed by atoms with E-state index in [0.717, 1.165) is 28.8 Å². The van der Waals surface area contributed by atoms with Crippen LogP contribution in [0.1, 0.15) is 34.2 Å². The van der Waals surface area contributed by atoms with E-state index in [1.807, 2.05) is 54.2 Å². The molecular formula is C25H23N3O3S. The Hall–Kier alpha value is -3.71. The number of anilines is 1. The monoisotopic (exact) mass is 445 g/mol. The lowest BCUT2D eigenvalue weighted by Gasteiger charge is -2.23. The van der Waals surface area contributed by atoms with Gasteiger partial charge in [-0.25, -0.2) is 9.97 Å². The molecule has 0 aliphatic rings. The summed E-state index contributed by atoms with van der Waals surface area (Å²) < 4.78 is 0. The largest absolute Gasteiger partial charge is 0.508 e. The van der Waals surface area contributed by atoms with Crippen LogP contribution in [-0.2, 0) is 13.0 Å². The van der Waals surface area contributed by atoms with Crippen LogP contribution in [0.2, 0.25) is 0 Å². The minimum atomic E-state index is -0.353. The van der Waals surface area contributed by atoms with E-state index in [-0.39, 0.29) is 23.0 Å². The fourth-order valence-corrected chi connectivity index (χ4v) is 4.15. The molecule has 0 saturated carbocycles. The van der Waals surface area contributed by atoms with Crippen molar-refractivity contribution in [2.24, 2.45) is 0 Å². The van der Waals surface area contributed by atoms with Crippen LogP contribution in [0.5, 0.6) is 11.5 Å². The molecule has 162 valence electrons. The first-order valence-corrected chi connectivity index (χ1v) is 11.2. The van der Waals surface area contributed by atoms with Gasteiger partial charge in [-0.05, 0) is 65.6 Å². The number of aromatic nitrogens is 2. The van der Waals surface area contributed by atoms with Crippen molar-refractivity contribution in [1.82, 2.24) is 9.97 Å². The van der Waals surface area contributed by atoms with Crippen LogP contribution < -0.4 is 4.90 Å². The number of phenolic OH excluding ortho intramolecular Hbond substituents is 2. The van der Waals surface area contributed by atoms with Crippen LogP contribution in [-0.4, -0.2) is 26.1 Å². The smallest absolute Gasteiger partial charge is 0.262 e. The molecule has 1 amide bonds. The number of thiophene rings is 1. The van der Waals surface area contributed by atoms with E-state index in [2.05, 4.69) is 16.9 Å². The second kappa shape index (κ2) is 9.20. The molecule has 0 aliphatic heterocycles. The molecule has 7 heteroatoms. The van der Waals surface area contributed by atoms with E-state index in [1.165, 1.54) is 18.2 Å². The zero-order valence-corrected chi connectivity index (χ0v) is 18.6. The van der Waals surface area contributed by atoms with Gasteiger partial charge in [0.05, 0.1) is 17.8 Å². The Bertz CT molecular complexity index is 1240. The van der Waals surface area contributed by atoms with Gasteiger partial charge in [0.15, 0.2) is 0 Å². The fraction of sp³-hybridized carbons (Fsp3) is 0.160. The van der Waals surface area contributed by atoms with Crippen LogP contribution in [0.3, 0.4) is 0 Å². The number of benzene rings is 2. The number of carbonyl (C=O) groups excluding carboxylic acids is 1. The van der Waals surface area contributed by atoms with Crippen LogP contribution in [0.15, 0.2) is 65.5 Å². The number of nitrogens with zero attached hydrogens (tertiary/aromatic N) is 3. The Morgan fingerprint density at radius 3 is 2.53 bits per heavy atom. The summed E-state index contributed by atoms with van der Waals surface area (Å²) in [7, 11) is 0. The topological polar surface area (TPSA) is 86.6 Å². The quantitative estimate of drug-likeness (QED) is 0.419. The lowest BCUT2D eigenvalue weighted by molar-refractivity contribution is 0.0982. The molecule has 0 bridgehead atoms. The summed E-state index contributed by atoms with van der Waals surface area (Å²) in [6, 6.07) is 13.6. The molecule has 0 aliphatic carbocycles. The van der Waals surface area contributed by atoms with Gasteiger partial charge in [0.1, 0.15) is 17.3 Å². The summed E-state index contributed by atoms with van der Waals surface area (Å²) >= 11 is 1.56.